The second-order valence-electron chi connectivity index (χ2n) is 3.04. The molecule has 80 valence electrons. The lowest BCUT2D eigenvalue weighted by atomic mass is 10.3. The van der Waals surface area contributed by atoms with E-state index in [0.717, 1.165) is 26.2 Å². The molecule has 0 aromatic rings. The van der Waals surface area contributed by atoms with Crippen LogP contribution in [-0.4, -0.2) is 60.5 Å². The molecular formula is C9H22N2O2. The predicted molar refractivity (Wildman–Crippen MR) is 53.8 cm³/mol. The van der Waals surface area contributed by atoms with Gasteiger partial charge >= 0.3 is 0 Å². The van der Waals surface area contributed by atoms with E-state index in [2.05, 4.69) is 24.1 Å². The summed E-state index contributed by atoms with van der Waals surface area (Å²) in [5.41, 5.74) is 0. The highest BCUT2D eigenvalue weighted by molar-refractivity contribution is 4.64. The van der Waals surface area contributed by atoms with Gasteiger partial charge in [0, 0.05) is 13.1 Å². The van der Waals surface area contributed by atoms with Crippen molar-refractivity contribution >= 4 is 0 Å². The zero-order valence-corrected chi connectivity index (χ0v) is 8.66. The third-order valence-electron chi connectivity index (χ3n) is 2.20. The minimum Gasteiger partial charge on any atom is -0.395 e. The van der Waals surface area contributed by atoms with Crippen LogP contribution >= 0.6 is 0 Å². The van der Waals surface area contributed by atoms with Crippen molar-refractivity contribution < 1.29 is 10.2 Å². The maximum Gasteiger partial charge on any atom is 0.0607 e. The summed E-state index contributed by atoms with van der Waals surface area (Å²) in [7, 11) is 0. The molecule has 0 atom stereocenters. The number of aliphatic hydroxyl groups excluding tert-OH is 2. The monoisotopic (exact) mass is 190 g/mol. The van der Waals surface area contributed by atoms with Crippen LogP contribution in [0.25, 0.3) is 0 Å². The first kappa shape index (κ1) is 12.8. The molecule has 0 aliphatic heterocycles. The molecule has 0 aliphatic carbocycles. The van der Waals surface area contributed by atoms with Crippen LogP contribution in [0.5, 0.6) is 0 Å². The number of rotatable bonds is 8. The Bertz CT molecular complexity index is 91.8. The van der Waals surface area contributed by atoms with Crippen LogP contribution in [0.3, 0.4) is 0 Å². The summed E-state index contributed by atoms with van der Waals surface area (Å²) < 4.78 is 0. The Balaban J connectivity index is 3.41. The average Bonchev–Trinajstić information content (AvgIpc) is 2.19. The topological polar surface area (TPSA) is 55.7 Å². The maximum absolute atomic E-state index is 8.77. The highest BCUT2D eigenvalue weighted by Gasteiger charge is 2.04. The third-order valence-corrected chi connectivity index (χ3v) is 2.20. The Morgan fingerprint density at radius 2 is 1.69 bits per heavy atom. The molecule has 0 saturated heterocycles. The van der Waals surface area contributed by atoms with Crippen molar-refractivity contribution in [3.05, 3.63) is 0 Å². The van der Waals surface area contributed by atoms with Crippen molar-refractivity contribution in [3.63, 3.8) is 0 Å². The quantitative estimate of drug-likeness (QED) is 0.472. The van der Waals surface area contributed by atoms with Gasteiger partial charge in [-0.25, -0.2) is 0 Å². The molecule has 0 unspecified atom stereocenters. The van der Waals surface area contributed by atoms with Gasteiger partial charge in [0.15, 0.2) is 0 Å². The first-order chi connectivity index (χ1) is 6.28. The van der Waals surface area contributed by atoms with Crippen molar-refractivity contribution in [2.75, 3.05) is 39.4 Å². The van der Waals surface area contributed by atoms with Crippen molar-refractivity contribution in [2.24, 2.45) is 0 Å². The second-order valence-corrected chi connectivity index (χ2v) is 3.04. The second kappa shape index (κ2) is 8.44. The lowest BCUT2D eigenvalue weighted by molar-refractivity contribution is 0.167. The Morgan fingerprint density at radius 3 is 2.08 bits per heavy atom. The minimum absolute atomic E-state index is 0.00521. The van der Waals surface area contributed by atoms with Crippen molar-refractivity contribution in [1.82, 2.24) is 10.2 Å². The smallest absolute Gasteiger partial charge is 0.0607 e. The van der Waals surface area contributed by atoms with Crippen LogP contribution in [-0.2, 0) is 0 Å². The number of hydrogen-bond acceptors (Lipinski definition) is 4. The van der Waals surface area contributed by atoms with E-state index in [1.165, 1.54) is 0 Å². The molecule has 0 aliphatic rings. The molecule has 4 nitrogen and oxygen atoms in total. The number of hydrogen-bond donors (Lipinski definition) is 3. The molecule has 0 spiro atoms. The zero-order valence-electron chi connectivity index (χ0n) is 8.66. The fourth-order valence-electron chi connectivity index (χ4n) is 1.15. The largest absolute Gasteiger partial charge is 0.395 e. The van der Waals surface area contributed by atoms with E-state index in [0.29, 0.717) is 0 Å². The molecule has 0 bridgehead atoms. The summed E-state index contributed by atoms with van der Waals surface area (Å²) in [6, 6.07) is -0.171. The fourth-order valence-corrected chi connectivity index (χ4v) is 1.15. The van der Waals surface area contributed by atoms with Crippen molar-refractivity contribution in [2.45, 2.75) is 19.9 Å². The van der Waals surface area contributed by atoms with Gasteiger partial charge in [0.2, 0.25) is 0 Å². The Hall–Kier alpha value is -0.160. The average molecular weight is 190 g/mol. The molecule has 0 aromatic carbocycles. The molecule has 0 aromatic heterocycles. The molecule has 0 amide bonds. The van der Waals surface area contributed by atoms with Crippen molar-refractivity contribution in [3.8, 4) is 0 Å². The SMILES string of the molecule is CCN(CC)CCNC(CO)CO. The summed E-state index contributed by atoms with van der Waals surface area (Å²) in [6.07, 6.45) is 0. The molecular weight excluding hydrogens is 168 g/mol. The summed E-state index contributed by atoms with van der Waals surface area (Å²) >= 11 is 0. The van der Waals surface area contributed by atoms with Gasteiger partial charge in [-0.3, -0.25) is 0 Å². The summed E-state index contributed by atoms with van der Waals surface area (Å²) in [5.74, 6) is 0. The highest BCUT2D eigenvalue weighted by Crippen LogP contribution is 1.85. The molecule has 0 radical (unpaired) electrons. The van der Waals surface area contributed by atoms with Gasteiger partial charge in [0.05, 0.1) is 19.3 Å². The van der Waals surface area contributed by atoms with Gasteiger partial charge in [-0.15, -0.1) is 0 Å². The number of likely N-dealkylation sites (N-methyl/N-ethyl adjacent to an activating group) is 1. The third kappa shape index (κ3) is 5.99. The molecule has 4 heteroatoms. The Labute approximate surface area is 80.6 Å². The normalized spacial score (nSPS) is 11.5. The van der Waals surface area contributed by atoms with E-state index in [4.69, 9.17) is 10.2 Å². The number of aliphatic hydroxyl groups is 2. The molecule has 0 fully saturated rings. The van der Waals surface area contributed by atoms with Gasteiger partial charge < -0.3 is 20.4 Å². The molecule has 0 heterocycles. The number of nitrogens with zero attached hydrogens (tertiary/aromatic N) is 1. The van der Waals surface area contributed by atoms with Crippen LogP contribution in [0.1, 0.15) is 13.8 Å². The summed E-state index contributed by atoms with van der Waals surface area (Å²) in [4.78, 5) is 2.29. The van der Waals surface area contributed by atoms with Gasteiger partial charge in [0.25, 0.3) is 0 Å². The van der Waals surface area contributed by atoms with E-state index in [1.807, 2.05) is 0 Å². The molecule has 13 heavy (non-hydrogen) atoms. The molecule has 3 N–H and O–H groups in total. The van der Waals surface area contributed by atoms with E-state index in [9.17, 15) is 0 Å². The summed E-state index contributed by atoms with van der Waals surface area (Å²) in [5, 5.41) is 20.6. The van der Waals surface area contributed by atoms with Crippen LogP contribution in [0.4, 0.5) is 0 Å². The molecule has 0 saturated carbocycles. The predicted octanol–water partition coefficient (Wildman–Crippen LogP) is -0.729. The maximum atomic E-state index is 8.77. The highest BCUT2D eigenvalue weighted by atomic mass is 16.3. The Morgan fingerprint density at radius 1 is 1.15 bits per heavy atom. The van der Waals surface area contributed by atoms with Crippen LogP contribution in [0.2, 0.25) is 0 Å². The van der Waals surface area contributed by atoms with E-state index >= 15 is 0 Å². The van der Waals surface area contributed by atoms with Gasteiger partial charge in [-0.05, 0) is 13.1 Å². The first-order valence-electron chi connectivity index (χ1n) is 4.95. The van der Waals surface area contributed by atoms with E-state index in [-0.39, 0.29) is 19.3 Å². The zero-order chi connectivity index (χ0) is 10.1. The summed E-state index contributed by atoms with van der Waals surface area (Å²) in [6.45, 7) is 8.10. The van der Waals surface area contributed by atoms with Crippen LogP contribution < -0.4 is 5.32 Å². The van der Waals surface area contributed by atoms with Crippen LogP contribution in [0, 0.1) is 0 Å². The van der Waals surface area contributed by atoms with E-state index < -0.39 is 0 Å². The number of nitrogens with one attached hydrogen (secondary N) is 1. The van der Waals surface area contributed by atoms with Gasteiger partial charge in [0.1, 0.15) is 0 Å². The van der Waals surface area contributed by atoms with E-state index in [1.54, 1.807) is 0 Å². The lowest BCUT2D eigenvalue weighted by Gasteiger charge is -2.20. The lowest BCUT2D eigenvalue weighted by Crippen LogP contribution is -2.40. The minimum atomic E-state index is -0.171. The van der Waals surface area contributed by atoms with Gasteiger partial charge in [-0.1, -0.05) is 13.8 Å². The van der Waals surface area contributed by atoms with Crippen molar-refractivity contribution in [1.29, 1.82) is 0 Å². The fraction of sp³-hybridized carbons (Fsp3) is 1.00. The van der Waals surface area contributed by atoms with Crippen LogP contribution in [0.15, 0.2) is 0 Å². The first-order valence-corrected chi connectivity index (χ1v) is 4.95. The molecule has 0 rings (SSSR count). The standard InChI is InChI=1S/C9H22N2O2/c1-3-11(4-2)6-5-10-9(7-12)8-13/h9-10,12-13H,3-8H2,1-2H3. The Kier molecular flexibility index (Phi) is 8.33. The van der Waals surface area contributed by atoms with Gasteiger partial charge in [-0.2, -0.15) is 0 Å².